The number of aromatic amines is 2. The molecule has 0 amide bonds. The van der Waals surface area contributed by atoms with Gasteiger partial charge in [0.25, 0.3) is 0 Å². The lowest BCUT2D eigenvalue weighted by Gasteiger charge is -2.08. The van der Waals surface area contributed by atoms with Gasteiger partial charge < -0.3 is 46.4 Å². The van der Waals surface area contributed by atoms with Gasteiger partial charge in [-0.05, 0) is 74.2 Å². The minimum Gasteiger partial charge on any atom is -0.493 e. The normalized spacial score (nSPS) is 14.8. The zero-order valence-corrected chi connectivity index (χ0v) is 36.6. The molecule has 26 heteroatoms. The van der Waals surface area contributed by atoms with Crippen LogP contribution in [0.15, 0.2) is 80.5 Å². The van der Waals surface area contributed by atoms with Gasteiger partial charge in [-0.25, -0.2) is 37.5 Å². The van der Waals surface area contributed by atoms with Gasteiger partial charge in [-0.15, -0.1) is 0 Å². The number of fused-ring (bicyclic) bond motifs is 2. The molecule has 9 N–H and O–H groups in total. The highest BCUT2D eigenvalue weighted by Gasteiger charge is 2.22. The molecule has 0 aliphatic heterocycles. The molecule has 8 aromatic rings. The number of hydrogen-bond donors (Lipinski definition) is 8. The van der Waals surface area contributed by atoms with E-state index in [1.807, 2.05) is 0 Å². The number of aromatic nitrogens is 10. The van der Waals surface area contributed by atoms with Crippen molar-refractivity contribution in [2.45, 2.75) is 51.2 Å². The van der Waals surface area contributed by atoms with E-state index >= 15 is 0 Å². The zero-order valence-electron chi connectivity index (χ0n) is 35.1. The summed E-state index contributed by atoms with van der Waals surface area (Å²) in [5.74, 6) is -2.01. The third-order valence-corrected chi connectivity index (χ3v) is 10.8. The van der Waals surface area contributed by atoms with Crippen LogP contribution in [0.2, 0.25) is 10.0 Å². The molecule has 2 fully saturated rings. The van der Waals surface area contributed by atoms with E-state index in [4.69, 9.17) is 33.7 Å². The van der Waals surface area contributed by atoms with Crippen LogP contribution in [0.1, 0.15) is 37.1 Å². The Bertz CT molecular complexity index is 3650. The quantitative estimate of drug-likeness (QED) is 0.0807. The van der Waals surface area contributed by atoms with Gasteiger partial charge >= 0.3 is 17.3 Å². The fourth-order valence-corrected chi connectivity index (χ4v) is 6.95. The smallest absolute Gasteiger partial charge is 0.331 e. The second kappa shape index (κ2) is 18.8. The molecule has 6 aromatic heterocycles. The van der Waals surface area contributed by atoms with Gasteiger partial charge in [-0.3, -0.25) is 14.8 Å². The lowest BCUT2D eigenvalue weighted by atomic mass is 10.3. The topological polar surface area (TPSA) is 298 Å². The van der Waals surface area contributed by atoms with Gasteiger partial charge in [0.1, 0.15) is 41.4 Å². The van der Waals surface area contributed by atoms with Crippen molar-refractivity contribution in [3.05, 3.63) is 136 Å². The summed E-state index contributed by atoms with van der Waals surface area (Å²) in [6, 6.07) is 11.9. The van der Waals surface area contributed by atoms with Crippen molar-refractivity contribution in [2.24, 2.45) is 15.7 Å². The Morgan fingerprint density at radius 1 is 0.779 bits per heavy atom. The first-order valence-corrected chi connectivity index (χ1v) is 21.3. The lowest BCUT2D eigenvalue weighted by molar-refractivity contribution is -0.145. The Hall–Kier alpha value is -7.93. The van der Waals surface area contributed by atoms with Crippen LogP contribution in [0.4, 0.5) is 31.8 Å². The molecule has 0 radical (unpaired) electrons. The number of aromatic hydroxyl groups is 2. The lowest BCUT2D eigenvalue weighted by Crippen LogP contribution is -2.23. The summed E-state index contributed by atoms with van der Waals surface area (Å²) in [5, 5.41) is 46.0. The van der Waals surface area contributed by atoms with Crippen LogP contribution in [-0.4, -0.2) is 88.2 Å². The van der Waals surface area contributed by atoms with Crippen molar-refractivity contribution >= 4 is 75.6 Å². The minimum absolute atomic E-state index is 0.0421. The number of carbonyl (C=O) groups excluding carboxylic acids is 1. The number of aliphatic hydroxyl groups excluding tert-OH is 1. The maximum absolute atomic E-state index is 14.3. The fourth-order valence-electron chi connectivity index (χ4n) is 6.61. The highest BCUT2D eigenvalue weighted by atomic mass is 35.5. The molecule has 0 atom stereocenters. The molecule has 2 aromatic carbocycles. The molecule has 22 nitrogen and oxygen atoms in total. The molecule has 2 saturated carbocycles. The molecule has 0 bridgehead atoms. The number of hydrogen-bond acceptors (Lipinski definition) is 16. The van der Waals surface area contributed by atoms with E-state index in [-0.39, 0.29) is 41.4 Å². The Morgan fingerprint density at radius 3 is 1.66 bits per heavy atom. The fraction of sp³-hybridized carbons (Fsp3) is 0.214. The number of carbonyl (C=O) groups is 1. The molecule has 0 unspecified atom stereocenters. The standard InChI is InChI=1S/C22H20ClFN8O4.C20H17ClFN7O3/c23-12-1-4-14(24)15(6-12)28-17-7-18(27-13-2-3-13)32-20(30-17)11(9-26-32)5-16-21(34)31(22(35)29-16)10-36-19(33)8-25;21-11-1-4-13(22)14(6-11)25-16-7-17(24-12-2-3-12)29-18(27-16)10(8-23-29)5-15-19(31)28(9-30)20(32)26-15/h1,4-7,9,13,28,34H,2-3,8,10,25H2,(H,29,35);1,4-8,12,25,30-31H,2-3,9H2,(H,26,32). The Morgan fingerprint density at radius 2 is 1.24 bits per heavy atom. The highest BCUT2D eigenvalue weighted by Crippen LogP contribution is 2.26. The third kappa shape index (κ3) is 9.78. The molecule has 0 saturated heterocycles. The van der Waals surface area contributed by atoms with Gasteiger partial charge in [0.2, 0.25) is 11.8 Å². The molecule has 10 rings (SSSR count). The van der Waals surface area contributed by atoms with Crippen molar-refractivity contribution in [2.75, 3.05) is 17.2 Å². The number of imidazole rings is 2. The van der Waals surface area contributed by atoms with E-state index in [0.717, 1.165) is 34.8 Å². The van der Waals surface area contributed by atoms with E-state index in [0.29, 0.717) is 54.4 Å². The number of anilines is 4. The number of ether oxygens (including phenoxy) is 1. The van der Waals surface area contributed by atoms with E-state index in [1.165, 1.54) is 70.0 Å². The molecule has 0 spiro atoms. The molecular weight excluding hydrogens is 935 g/mol. The second-order valence-electron chi connectivity index (χ2n) is 15.4. The van der Waals surface area contributed by atoms with Crippen molar-refractivity contribution in [1.82, 2.24) is 48.3 Å². The average Bonchev–Trinajstić information content (AvgIpc) is 4.19. The summed E-state index contributed by atoms with van der Waals surface area (Å²) in [6.07, 6.45) is 9.77. The SMILES string of the molecule is NCC(=O)OCn1c(O)c(C=c2cnn3c(=NC4CC4)cc(Nc4cc(Cl)ccc4F)nc23)[nH]c1=O.O=c1[nH]c(C=c2cnn3c(=NC4CC4)cc(Nc4cc(Cl)ccc4F)nc23)c(O)n1CO. The van der Waals surface area contributed by atoms with Crippen molar-refractivity contribution in [1.29, 1.82) is 0 Å². The number of H-pyrrole nitrogens is 2. The number of benzene rings is 2. The van der Waals surface area contributed by atoms with Crippen LogP contribution in [0.5, 0.6) is 11.8 Å². The van der Waals surface area contributed by atoms with Gasteiger partial charge in [0, 0.05) is 32.6 Å². The molecular formula is C42H37Cl2F2N15O7. The number of aliphatic hydroxyl groups is 1. The van der Waals surface area contributed by atoms with Crippen molar-refractivity contribution < 1.29 is 33.6 Å². The van der Waals surface area contributed by atoms with Gasteiger partial charge in [-0.1, -0.05) is 23.2 Å². The zero-order chi connectivity index (χ0) is 47.8. The molecule has 2 aliphatic rings. The number of esters is 1. The largest absolute Gasteiger partial charge is 0.493 e. The maximum atomic E-state index is 14.3. The van der Waals surface area contributed by atoms with Crippen LogP contribution in [0, 0.1) is 11.6 Å². The number of nitrogens with zero attached hydrogens (tertiary/aromatic N) is 10. The first kappa shape index (κ1) is 45.2. The van der Waals surface area contributed by atoms with E-state index < -0.39 is 54.2 Å². The number of nitrogens with one attached hydrogen (secondary N) is 4. The summed E-state index contributed by atoms with van der Waals surface area (Å²) in [5.41, 5.74) is 5.96. The third-order valence-electron chi connectivity index (χ3n) is 10.3. The first-order valence-electron chi connectivity index (χ1n) is 20.6. The number of rotatable bonds is 12. The maximum Gasteiger partial charge on any atom is 0.331 e. The van der Waals surface area contributed by atoms with Crippen molar-refractivity contribution in [3.8, 4) is 11.8 Å². The molecule has 6 heterocycles. The van der Waals surface area contributed by atoms with Crippen molar-refractivity contribution in [3.63, 3.8) is 0 Å². The summed E-state index contributed by atoms with van der Waals surface area (Å²) >= 11 is 12.0. The van der Waals surface area contributed by atoms with Crippen LogP contribution in [0.3, 0.4) is 0 Å². The van der Waals surface area contributed by atoms with Gasteiger partial charge in [-0.2, -0.15) is 19.2 Å². The summed E-state index contributed by atoms with van der Waals surface area (Å²) in [4.78, 5) is 58.7. The van der Waals surface area contributed by atoms with E-state index in [2.05, 4.69) is 50.8 Å². The molecule has 2 aliphatic carbocycles. The number of nitrogens with two attached hydrogens (primary N) is 1. The molecule has 350 valence electrons. The van der Waals surface area contributed by atoms with Crippen LogP contribution in [0.25, 0.3) is 23.4 Å². The van der Waals surface area contributed by atoms with Gasteiger partial charge in [0.05, 0.1) is 42.4 Å². The van der Waals surface area contributed by atoms with E-state index in [9.17, 15) is 38.5 Å². The van der Waals surface area contributed by atoms with Gasteiger partial charge in [0.15, 0.2) is 29.0 Å². The Balaban J connectivity index is 0.000000171. The monoisotopic (exact) mass is 971 g/mol. The predicted molar refractivity (Wildman–Crippen MR) is 241 cm³/mol. The van der Waals surface area contributed by atoms with Crippen LogP contribution < -0.4 is 49.2 Å². The first-order chi connectivity index (χ1) is 32.7. The van der Waals surface area contributed by atoms with E-state index in [1.54, 1.807) is 12.1 Å². The van der Waals surface area contributed by atoms with Crippen LogP contribution >= 0.6 is 23.2 Å². The predicted octanol–water partition coefficient (Wildman–Crippen LogP) is 1.55. The Labute approximate surface area is 388 Å². The number of halogens is 4. The summed E-state index contributed by atoms with van der Waals surface area (Å²) in [7, 11) is 0. The summed E-state index contributed by atoms with van der Waals surface area (Å²) in [6.45, 7) is -1.55. The van der Waals surface area contributed by atoms with Crippen LogP contribution in [-0.2, 0) is 23.0 Å². The average molecular weight is 973 g/mol. The summed E-state index contributed by atoms with van der Waals surface area (Å²) < 4.78 is 38.0. The Kier molecular flexibility index (Phi) is 12.5. The highest BCUT2D eigenvalue weighted by molar-refractivity contribution is 6.31. The molecule has 68 heavy (non-hydrogen) atoms. The second-order valence-corrected chi connectivity index (χ2v) is 16.2. The minimum atomic E-state index is -0.733.